The first-order valence-electron chi connectivity index (χ1n) is 9.36. The lowest BCUT2D eigenvalue weighted by atomic mass is 10.0. The van der Waals surface area contributed by atoms with Crippen LogP contribution in [0.25, 0.3) is 0 Å². The molecule has 148 valence electrons. The minimum absolute atomic E-state index is 0.122. The molecular weight excluding hydrogens is 386 g/mol. The van der Waals surface area contributed by atoms with Crippen LogP contribution in [0.15, 0.2) is 58.6 Å². The molecule has 0 saturated carbocycles. The summed E-state index contributed by atoms with van der Waals surface area (Å²) in [7, 11) is 0. The zero-order valence-corrected chi connectivity index (χ0v) is 16.9. The molecule has 29 heavy (non-hydrogen) atoms. The lowest BCUT2D eigenvalue weighted by Gasteiger charge is -2.30. The van der Waals surface area contributed by atoms with Crippen LogP contribution in [-0.4, -0.2) is 33.5 Å². The zero-order valence-electron chi connectivity index (χ0n) is 16.1. The van der Waals surface area contributed by atoms with Crippen molar-refractivity contribution in [3.8, 4) is 0 Å². The number of hydrogen-bond donors (Lipinski definition) is 2. The Morgan fingerprint density at radius 1 is 1.10 bits per heavy atom. The Balaban J connectivity index is 1.44. The summed E-state index contributed by atoms with van der Waals surface area (Å²) in [5.41, 5.74) is 3.45. The average Bonchev–Trinajstić information content (AvgIpc) is 3.19. The Bertz CT molecular complexity index is 1000. The van der Waals surface area contributed by atoms with Gasteiger partial charge in [-0.25, -0.2) is 10.0 Å². The molecule has 0 saturated heterocycles. The van der Waals surface area contributed by atoms with Crippen molar-refractivity contribution in [3.05, 3.63) is 54.1 Å². The van der Waals surface area contributed by atoms with Crippen molar-refractivity contribution in [3.63, 3.8) is 0 Å². The Kier molecular flexibility index (Phi) is 5.35. The second kappa shape index (κ2) is 8.08. The highest BCUT2D eigenvalue weighted by Gasteiger charge is 2.34. The Morgan fingerprint density at radius 2 is 1.79 bits per heavy atom. The molecule has 0 unspecified atom stereocenters. The third kappa shape index (κ3) is 4.17. The molecule has 7 nitrogen and oxygen atoms in total. The number of hydrogen-bond acceptors (Lipinski definition) is 6. The number of amidine groups is 1. The maximum Gasteiger partial charge on any atom is 0.237 e. The van der Waals surface area contributed by atoms with Gasteiger partial charge >= 0.3 is 0 Å². The number of aliphatic imine (C=N–C) groups is 1. The maximum atomic E-state index is 12.7. The molecule has 0 aromatic heterocycles. The van der Waals surface area contributed by atoms with Gasteiger partial charge < -0.3 is 10.6 Å². The number of carbonyl (C=O) groups is 2. The average molecular weight is 407 g/mol. The molecular formula is C21H21N5O2S. The first-order chi connectivity index (χ1) is 14.0. The molecule has 8 heteroatoms. The predicted octanol–water partition coefficient (Wildman–Crippen LogP) is 4.14. The van der Waals surface area contributed by atoms with E-state index in [2.05, 4.69) is 21.8 Å². The molecule has 0 radical (unpaired) electrons. The number of carbonyl (C=O) groups excluding carboxylic acids is 2. The molecule has 2 heterocycles. The van der Waals surface area contributed by atoms with E-state index in [0.717, 1.165) is 22.8 Å². The molecule has 2 aromatic rings. The number of nitrogens with one attached hydrogen (secondary N) is 2. The summed E-state index contributed by atoms with van der Waals surface area (Å²) in [5, 5.41) is 12.3. The standard InChI is InChI=1S/C21H21N5O2S/c1-13(20(28)24-16-9-7-15(8-10-16)23-14(2)27)29-21-25-18-6-4-3-5-17(18)19-11-12-22-26(19)21/h3-10,12-13,19H,11H2,1-2H3,(H,23,27)(H,24,28)/t13-,19-/m1/s1. The highest BCUT2D eigenvalue weighted by molar-refractivity contribution is 8.14. The highest BCUT2D eigenvalue weighted by Crippen LogP contribution is 2.41. The first kappa shape index (κ1) is 19.2. The largest absolute Gasteiger partial charge is 0.326 e. The number of thioether (sulfide) groups is 1. The van der Waals surface area contributed by atoms with Crippen molar-refractivity contribution in [1.29, 1.82) is 0 Å². The maximum absolute atomic E-state index is 12.7. The quantitative estimate of drug-likeness (QED) is 0.798. The van der Waals surface area contributed by atoms with Gasteiger partial charge in [0.05, 0.1) is 17.0 Å². The third-order valence-corrected chi connectivity index (χ3v) is 5.72. The van der Waals surface area contributed by atoms with Crippen LogP contribution in [0.5, 0.6) is 0 Å². The number of rotatable bonds is 4. The van der Waals surface area contributed by atoms with E-state index in [1.165, 1.54) is 18.7 Å². The lowest BCUT2D eigenvalue weighted by molar-refractivity contribution is -0.115. The van der Waals surface area contributed by atoms with Crippen LogP contribution < -0.4 is 10.6 Å². The van der Waals surface area contributed by atoms with Crippen LogP contribution in [0, 0.1) is 0 Å². The van der Waals surface area contributed by atoms with Crippen LogP contribution >= 0.6 is 11.8 Å². The minimum Gasteiger partial charge on any atom is -0.326 e. The number of nitrogens with zero attached hydrogens (tertiary/aromatic N) is 3. The van der Waals surface area contributed by atoms with E-state index in [1.807, 2.05) is 36.3 Å². The predicted molar refractivity (Wildman–Crippen MR) is 118 cm³/mol. The zero-order chi connectivity index (χ0) is 20.4. The third-order valence-electron chi connectivity index (χ3n) is 4.66. The van der Waals surface area contributed by atoms with Gasteiger partial charge in [-0.2, -0.15) is 5.10 Å². The summed E-state index contributed by atoms with van der Waals surface area (Å²) in [6, 6.07) is 15.2. The molecule has 0 bridgehead atoms. The molecule has 0 aliphatic carbocycles. The summed E-state index contributed by atoms with van der Waals surface area (Å²) >= 11 is 1.39. The number of para-hydroxylation sites is 1. The summed E-state index contributed by atoms with van der Waals surface area (Å²) in [5.74, 6) is -0.256. The van der Waals surface area contributed by atoms with E-state index in [4.69, 9.17) is 4.99 Å². The van der Waals surface area contributed by atoms with Crippen molar-refractivity contribution in [1.82, 2.24) is 5.01 Å². The fraction of sp³-hybridized carbons (Fsp3) is 0.238. The summed E-state index contributed by atoms with van der Waals surface area (Å²) in [6.07, 6.45) is 2.72. The topological polar surface area (TPSA) is 86.2 Å². The fourth-order valence-electron chi connectivity index (χ4n) is 3.26. The van der Waals surface area contributed by atoms with E-state index in [9.17, 15) is 9.59 Å². The Morgan fingerprint density at radius 3 is 2.52 bits per heavy atom. The van der Waals surface area contributed by atoms with Crippen molar-refractivity contribution in [2.75, 3.05) is 10.6 Å². The normalized spacial score (nSPS) is 17.8. The summed E-state index contributed by atoms with van der Waals surface area (Å²) < 4.78 is 0. The second-order valence-corrected chi connectivity index (χ2v) is 8.16. The number of benzene rings is 2. The number of fused-ring (bicyclic) bond motifs is 3. The second-order valence-electron chi connectivity index (χ2n) is 6.86. The molecule has 2 aromatic carbocycles. The van der Waals surface area contributed by atoms with Crippen LogP contribution in [0.1, 0.15) is 31.9 Å². The molecule has 4 rings (SSSR count). The number of anilines is 2. The van der Waals surface area contributed by atoms with E-state index in [0.29, 0.717) is 11.4 Å². The van der Waals surface area contributed by atoms with E-state index >= 15 is 0 Å². The van der Waals surface area contributed by atoms with Gasteiger partial charge in [-0.1, -0.05) is 30.0 Å². The molecule has 2 aliphatic rings. The molecule has 2 atom stereocenters. The molecule has 2 aliphatic heterocycles. The number of hydrazone groups is 1. The summed E-state index contributed by atoms with van der Waals surface area (Å²) in [6.45, 7) is 3.30. The van der Waals surface area contributed by atoms with Gasteiger partial charge in [0.25, 0.3) is 0 Å². The van der Waals surface area contributed by atoms with Gasteiger partial charge in [-0.3, -0.25) is 9.59 Å². The van der Waals surface area contributed by atoms with Gasteiger partial charge in [0.1, 0.15) is 0 Å². The minimum atomic E-state index is -0.356. The van der Waals surface area contributed by atoms with Crippen molar-refractivity contribution in [2.24, 2.45) is 10.1 Å². The molecule has 2 amide bonds. The van der Waals surface area contributed by atoms with Crippen LogP contribution in [0.3, 0.4) is 0 Å². The Hall–Kier alpha value is -3.13. The molecule has 2 N–H and O–H groups in total. The van der Waals surface area contributed by atoms with Crippen molar-refractivity contribution < 1.29 is 9.59 Å². The first-order valence-corrected chi connectivity index (χ1v) is 10.2. The summed E-state index contributed by atoms with van der Waals surface area (Å²) in [4.78, 5) is 28.5. The molecule has 0 fully saturated rings. The smallest absolute Gasteiger partial charge is 0.237 e. The van der Waals surface area contributed by atoms with Crippen LogP contribution in [-0.2, 0) is 9.59 Å². The molecule has 0 spiro atoms. The van der Waals surface area contributed by atoms with Crippen molar-refractivity contribution >= 4 is 52.0 Å². The van der Waals surface area contributed by atoms with E-state index in [-0.39, 0.29) is 23.1 Å². The monoisotopic (exact) mass is 407 g/mol. The fourth-order valence-corrected chi connectivity index (χ4v) is 4.17. The van der Waals surface area contributed by atoms with Gasteiger partial charge in [0.15, 0.2) is 5.17 Å². The lowest BCUT2D eigenvalue weighted by Crippen LogP contribution is -2.31. The van der Waals surface area contributed by atoms with E-state index in [1.54, 1.807) is 24.3 Å². The number of amides is 2. The van der Waals surface area contributed by atoms with Gasteiger partial charge in [0.2, 0.25) is 11.8 Å². The SMILES string of the molecule is CC(=O)Nc1ccc(NC(=O)[C@@H](C)SC2=Nc3ccccc3[C@H]3CC=NN23)cc1. The van der Waals surface area contributed by atoms with Gasteiger partial charge in [-0.15, -0.1) is 0 Å². The van der Waals surface area contributed by atoms with Gasteiger partial charge in [-0.05, 0) is 37.3 Å². The Labute approximate surface area is 173 Å². The van der Waals surface area contributed by atoms with Crippen molar-refractivity contribution in [2.45, 2.75) is 31.6 Å². The van der Waals surface area contributed by atoms with Gasteiger partial charge in [0, 0.05) is 36.5 Å². The van der Waals surface area contributed by atoms with E-state index < -0.39 is 0 Å². The van der Waals surface area contributed by atoms with Crippen LogP contribution in [0.2, 0.25) is 0 Å². The van der Waals surface area contributed by atoms with Crippen LogP contribution in [0.4, 0.5) is 17.1 Å². The highest BCUT2D eigenvalue weighted by atomic mass is 32.2.